The molecule has 3 aromatic rings. The number of aromatic nitrogens is 2. The highest BCUT2D eigenvalue weighted by Gasteiger charge is 2.36. The van der Waals surface area contributed by atoms with Gasteiger partial charge in [0.1, 0.15) is 11.5 Å². The minimum Gasteiger partial charge on any atom is -0.497 e. The molecule has 144 valence electrons. The van der Waals surface area contributed by atoms with Crippen LogP contribution in [0.3, 0.4) is 0 Å². The normalized spacial score (nSPS) is 16.5. The smallest absolute Gasteiger partial charge is 0.232 e. The number of anilines is 1. The van der Waals surface area contributed by atoms with Crippen LogP contribution >= 0.6 is 11.6 Å². The van der Waals surface area contributed by atoms with E-state index in [2.05, 4.69) is 10.1 Å². The van der Waals surface area contributed by atoms with Crippen molar-refractivity contribution in [3.63, 3.8) is 0 Å². The molecule has 1 aromatic heterocycles. The summed E-state index contributed by atoms with van der Waals surface area (Å²) in [6.07, 6.45) is 0.278. The Balaban J connectivity index is 1.56. The van der Waals surface area contributed by atoms with Gasteiger partial charge in [-0.25, -0.2) is 0 Å². The summed E-state index contributed by atoms with van der Waals surface area (Å²) in [7, 11) is 3.17. The molecule has 0 radical (unpaired) electrons. The Morgan fingerprint density at radius 3 is 2.64 bits per heavy atom. The van der Waals surface area contributed by atoms with Crippen molar-refractivity contribution < 1.29 is 18.8 Å². The van der Waals surface area contributed by atoms with E-state index < -0.39 is 0 Å². The molecule has 1 aliphatic heterocycles. The molecule has 1 aliphatic rings. The van der Waals surface area contributed by atoms with Gasteiger partial charge in [-0.05, 0) is 42.5 Å². The van der Waals surface area contributed by atoms with Gasteiger partial charge in [0, 0.05) is 23.6 Å². The van der Waals surface area contributed by atoms with Crippen molar-refractivity contribution in [3.8, 4) is 22.9 Å². The minimum absolute atomic E-state index is 0.0465. The van der Waals surface area contributed by atoms with E-state index in [1.807, 2.05) is 24.3 Å². The summed E-state index contributed by atoms with van der Waals surface area (Å²) in [5, 5.41) is 4.59. The lowest BCUT2D eigenvalue weighted by Crippen LogP contribution is -2.24. The van der Waals surface area contributed by atoms with Crippen LogP contribution in [0.25, 0.3) is 11.4 Å². The Bertz CT molecular complexity index is 1000. The molecular weight excluding hydrogens is 382 g/mol. The molecule has 7 nitrogen and oxygen atoms in total. The molecule has 0 aliphatic carbocycles. The predicted molar refractivity (Wildman–Crippen MR) is 104 cm³/mol. The van der Waals surface area contributed by atoms with Crippen molar-refractivity contribution in [3.05, 3.63) is 53.4 Å². The highest BCUT2D eigenvalue weighted by Crippen LogP contribution is 2.38. The first-order valence-corrected chi connectivity index (χ1v) is 9.08. The Morgan fingerprint density at radius 1 is 1.14 bits per heavy atom. The highest BCUT2D eigenvalue weighted by molar-refractivity contribution is 6.31. The number of halogens is 1. The van der Waals surface area contributed by atoms with Gasteiger partial charge in [0.2, 0.25) is 17.6 Å². The van der Waals surface area contributed by atoms with E-state index in [-0.39, 0.29) is 18.2 Å². The average Bonchev–Trinajstić information content (AvgIpc) is 3.35. The lowest BCUT2D eigenvalue weighted by molar-refractivity contribution is -0.117. The van der Waals surface area contributed by atoms with E-state index in [0.717, 1.165) is 11.3 Å². The van der Waals surface area contributed by atoms with E-state index >= 15 is 0 Å². The molecule has 1 saturated heterocycles. The number of hydrogen-bond donors (Lipinski definition) is 0. The third kappa shape index (κ3) is 3.41. The second-order valence-electron chi connectivity index (χ2n) is 6.41. The number of rotatable bonds is 5. The van der Waals surface area contributed by atoms with Crippen LogP contribution in [-0.2, 0) is 4.79 Å². The largest absolute Gasteiger partial charge is 0.497 e. The van der Waals surface area contributed by atoms with Gasteiger partial charge in [-0.1, -0.05) is 16.8 Å². The molecule has 8 heteroatoms. The maximum absolute atomic E-state index is 12.6. The Labute approximate surface area is 166 Å². The second kappa shape index (κ2) is 7.52. The quantitative estimate of drug-likeness (QED) is 0.647. The first-order chi connectivity index (χ1) is 13.6. The molecule has 0 saturated carbocycles. The topological polar surface area (TPSA) is 77.7 Å². The van der Waals surface area contributed by atoms with Crippen molar-refractivity contribution in [2.75, 3.05) is 25.7 Å². The first kappa shape index (κ1) is 18.3. The van der Waals surface area contributed by atoms with E-state index in [1.54, 1.807) is 37.3 Å². The van der Waals surface area contributed by atoms with Crippen LogP contribution in [0.15, 0.2) is 47.0 Å². The summed E-state index contributed by atoms with van der Waals surface area (Å²) in [6, 6.07) is 12.6. The number of hydrogen-bond acceptors (Lipinski definition) is 6. The van der Waals surface area contributed by atoms with Crippen LogP contribution in [0.2, 0.25) is 5.02 Å². The third-order valence-corrected chi connectivity index (χ3v) is 4.93. The third-order valence-electron chi connectivity index (χ3n) is 4.70. The molecule has 1 fully saturated rings. The van der Waals surface area contributed by atoms with Crippen molar-refractivity contribution >= 4 is 23.2 Å². The molecule has 4 rings (SSSR count). The minimum atomic E-state index is -0.198. The summed E-state index contributed by atoms with van der Waals surface area (Å²) in [6.45, 7) is 0.416. The van der Waals surface area contributed by atoms with E-state index in [0.29, 0.717) is 34.7 Å². The van der Waals surface area contributed by atoms with E-state index in [4.69, 9.17) is 25.6 Å². The summed E-state index contributed by atoms with van der Waals surface area (Å²) in [4.78, 5) is 18.7. The number of methoxy groups -OCH3 is 2. The van der Waals surface area contributed by atoms with Gasteiger partial charge in [0.25, 0.3) is 0 Å². The molecule has 2 aromatic carbocycles. The zero-order valence-corrected chi connectivity index (χ0v) is 16.1. The number of nitrogens with zero attached hydrogens (tertiary/aromatic N) is 3. The van der Waals surface area contributed by atoms with Crippen molar-refractivity contribution in [1.29, 1.82) is 0 Å². The fourth-order valence-electron chi connectivity index (χ4n) is 3.24. The molecular formula is C20H18ClN3O4. The van der Waals surface area contributed by atoms with Crippen molar-refractivity contribution in [2.45, 2.75) is 12.3 Å². The van der Waals surface area contributed by atoms with Crippen molar-refractivity contribution in [1.82, 2.24) is 10.1 Å². The molecule has 0 spiro atoms. The SMILES string of the molecule is COc1ccc(-c2noc([C@H]3CC(=O)N(c4cc(Cl)ccc4OC)C3)n2)cc1. The standard InChI is InChI=1S/C20H18ClN3O4/c1-26-15-6-3-12(4-7-15)19-22-20(28-23-19)13-9-18(25)24(11-13)16-10-14(21)5-8-17(16)27-2/h3-8,10,13H,9,11H2,1-2H3/t13-/m0/s1. The van der Waals surface area contributed by atoms with Gasteiger partial charge < -0.3 is 18.9 Å². The number of benzene rings is 2. The zero-order valence-electron chi connectivity index (χ0n) is 15.4. The van der Waals surface area contributed by atoms with Gasteiger partial charge >= 0.3 is 0 Å². The summed E-state index contributed by atoms with van der Waals surface area (Å²) in [5.41, 5.74) is 1.45. The molecule has 28 heavy (non-hydrogen) atoms. The molecule has 0 N–H and O–H groups in total. The van der Waals surface area contributed by atoms with Crippen LogP contribution in [0.1, 0.15) is 18.2 Å². The monoisotopic (exact) mass is 399 g/mol. The maximum Gasteiger partial charge on any atom is 0.232 e. The van der Waals surface area contributed by atoms with E-state index in [1.165, 1.54) is 0 Å². The Hall–Kier alpha value is -3.06. The van der Waals surface area contributed by atoms with Crippen LogP contribution in [0, 0.1) is 0 Å². The van der Waals surface area contributed by atoms with Crippen LogP contribution in [-0.4, -0.2) is 36.8 Å². The molecule has 1 atom stereocenters. The highest BCUT2D eigenvalue weighted by atomic mass is 35.5. The van der Waals surface area contributed by atoms with Crippen molar-refractivity contribution in [2.24, 2.45) is 0 Å². The maximum atomic E-state index is 12.6. The fraction of sp³-hybridized carbons (Fsp3) is 0.250. The second-order valence-corrected chi connectivity index (χ2v) is 6.84. The first-order valence-electron chi connectivity index (χ1n) is 8.71. The van der Waals surface area contributed by atoms with Crippen LogP contribution in [0.4, 0.5) is 5.69 Å². The summed E-state index contributed by atoms with van der Waals surface area (Å²) in [5.74, 6) is 2.00. The lowest BCUT2D eigenvalue weighted by atomic mass is 10.1. The number of amides is 1. The molecule has 2 heterocycles. The Kier molecular flexibility index (Phi) is 4.92. The number of carbonyl (C=O) groups is 1. The summed E-state index contributed by atoms with van der Waals surface area (Å²) >= 11 is 6.10. The van der Waals surface area contributed by atoms with Gasteiger partial charge in [0.05, 0.1) is 25.8 Å². The molecule has 1 amide bonds. The molecule has 0 unspecified atom stereocenters. The molecule has 0 bridgehead atoms. The number of ether oxygens (including phenoxy) is 2. The van der Waals surface area contributed by atoms with Crippen LogP contribution in [0.5, 0.6) is 11.5 Å². The average molecular weight is 400 g/mol. The van der Waals surface area contributed by atoms with Gasteiger partial charge in [-0.15, -0.1) is 0 Å². The summed E-state index contributed by atoms with van der Waals surface area (Å²) < 4.78 is 16.0. The fourth-order valence-corrected chi connectivity index (χ4v) is 3.40. The predicted octanol–water partition coefficient (Wildman–Crippen LogP) is 3.93. The van der Waals surface area contributed by atoms with Crippen LogP contribution < -0.4 is 14.4 Å². The van der Waals surface area contributed by atoms with Gasteiger partial charge in [-0.2, -0.15) is 4.98 Å². The lowest BCUT2D eigenvalue weighted by Gasteiger charge is -2.19. The van der Waals surface area contributed by atoms with Gasteiger partial charge in [0.15, 0.2) is 0 Å². The van der Waals surface area contributed by atoms with Gasteiger partial charge in [-0.3, -0.25) is 4.79 Å². The zero-order chi connectivity index (χ0) is 19.7. The van der Waals surface area contributed by atoms with E-state index in [9.17, 15) is 4.79 Å². The Morgan fingerprint density at radius 2 is 1.93 bits per heavy atom. The number of carbonyl (C=O) groups excluding carboxylic acids is 1.